The highest BCUT2D eigenvalue weighted by Crippen LogP contribution is 2.22. The Morgan fingerprint density at radius 1 is 0.500 bits per heavy atom. The number of nitrogens with zero attached hydrogens (tertiary/aromatic N) is 2. The molecule has 3 aromatic rings. The van der Waals surface area contributed by atoms with Gasteiger partial charge in [-0.15, -0.1) is 0 Å². The van der Waals surface area contributed by atoms with Crippen molar-refractivity contribution in [3.63, 3.8) is 0 Å². The Kier molecular flexibility index (Phi) is 4.99. The number of hydrogen-bond acceptors (Lipinski definition) is 2. The normalized spacial score (nSPS) is 17.1. The Labute approximate surface area is 168 Å². The zero-order valence-electron chi connectivity index (χ0n) is 16.5. The summed E-state index contributed by atoms with van der Waals surface area (Å²) >= 11 is 0. The lowest BCUT2D eigenvalue weighted by Crippen LogP contribution is -2.30. The summed E-state index contributed by atoms with van der Waals surface area (Å²) < 4.78 is 0. The Morgan fingerprint density at radius 2 is 0.893 bits per heavy atom. The molecule has 2 heteroatoms. The number of fused-ring (bicyclic) bond motifs is 2. The second-order valence-electron chi connectivity index (χ2n) is 8.28. The van der Waals surface area contributed by atoms with Crippen LogP contribution in [0.15, 0.2) is 72.8 Å². The molecule has 3 aromatic carbocycles. The van der Waals surface area contributed by atoms with Crippen LogP contribution in [0.4, 0.5) is 0 Å². The van der Waals surface area contributed by atoms with E-state index in [1.807, 2.05) is 0 Å². The molecule has 2 aliphatic heterocycles. The maximum Gasteiger partial charge on any atom is 0.0240 e. The van der Waals surface area contributed by atoms with E-state index in [9.17, 15) is 0 Å². The number of rotatable bonds is 4. The van der Waals surface area contributed by atoms with E-state index in [0.717, 1.165) is 39.3 Å². The quantitative estimate of drug-likeness (QED) is 0.652. The standard InChI is InChI=1S/C26H28N2/c1-3-7-25-19-27(15-13-23(25)5-1)17-21-9-11-22(12-10-21)18-28-16-14-24-6-2-4-8-26(24)20-28/h1-12H,13-20H2. The van der Waals surface area contributed by atoms with E-state index in [-0.39, 0.29) is 0 Å². The maximum absolute atomic E-state index is 2.57. The van der Waals surface area contributed by atoms with Crippen molar-refractivity contribution in [2.24, 2.45) is 0 Å². The minimum Gasteiger partial charge on any atom is -0.294 e. The first-order valence-electron chi connectivity index (χ1n) is 10.5. The van der Waals surface area contributed by atoms with Crippen LogP contribution in [0.25, 0.3) is 0 Å². The Bertz CT molecular complexity index is 866. The molecule has 2 heterocycles. The molecule has 0 bridgehead atoms. The smallest absolute Gasteiger partial charge is 0.0240 e. The second kappa shape index (κ2) is 7.90. The van der Waals surface area contributed by atoms with Gasteiger partial charge in [-0.05, 0) is 46.2 Å². The van der Waals surface area contributed by atoms with Crippen LogP contribution in [0.1, 0.15) is 33.4 Å². The van der Waals surface area contributed by atoms with E-state index in [2.05, 4.69) is 82.6 Å². The fraction of sp³-hybridized carbons (Fsp3) is 0.308. The van der Waals surface area contributed by atoms with Gasteiger partial charge < -0.3 is 0 Å². The molecule has 0 unspecified atom stereocenters. The summed E-state index contributed by atoms with van der Waals surface area (Å²) in [6.07, 6.45) is 2.34. The summed E-state index contributed by atoms with van der Waals surface area (Å²) in [5.41, 5.74) is 8.89. The molecule has 0 atom stereocenters. The van der Waals surface area contributed by atoms with Gasteiger partial charge in [0.1, 0.15) is 0 Å². The lowest BCUT2D eigenvalue weighted by molar-refractivity contribution is 0.243. The van der Waals surface area contributed by atoms with Crippen LogP contribution in [0.3, 0.4) is 0 Å². The van der Waals surface area contributed by atoms with Crippen molar-refractivity contribution in [2.75, 3.05) is 13.1 Å². The Hall–Kier alpha value is -2.42. The van der Waals surface area contributed by atoms with Crippen LogP contribution in [-0.2, 0) is 39.0 Å². The maximum atomic E-state index is 2.57. The fourth-order valence-corrected chi connectivity index (χ4v) is 4.64. The zero-order chi connectivity index (χ0) is 18.8. The monoisotopic (exact) mass is 368 g/mol. The van der Waals surface area contributed by atoms with Gasteiger partial charge in [-0.1, -0.05) is 72.8 Å². The molecule has 0 fully saturated rings. The van der Waals surface area contributed by atoms with E-state index in [1.165, 1.54) is 46.2 Å². The van der Waals surface area contributed by atoms with Crippen molar-refractivity contribution in [2.45, 2.75) is 39.0 Å². The Balaban J connectivity index is 1.19. The minimum absolute atomic E-state index is 1.05. The molecule has 0 aliphatic carbocycles. The van der Waals surface area contributed by atoms with Gasteiger partial charge >= 0.3 is 0 Å². The van der Waals surface area contributed by atoms with Gasteiger partial charge in [0.25, 0.3) is 0 Å². The molecule has 0 spiro atoms. The van der Waals surface area contributed by atoms with E-state index in [4.69, 9.17) is 0 Å². The molecular formula is C26H28N2. The summed E-state index contributed by atoms with van der Waals surface area (Å²) in [5.74, 6) is 0. The van der Waals surface area contributed by atoms with Crippen LogP contribution in [-0.4, -0.2) is 22.9 Å². The molecule has 0 N–H and O–H groups in total. The van der Waals surface area contributed by atoms with E-state index in [1.54, 1.807) is 0 Å². The first-order valence-corrected chi connectivity index (χ1v) is 10.5. The van der Waals surface area contributed by atoms with Gasteiger partial charge in [0.15, 0.2) is 0 Å². The first kappa shape index (κ1) is 17.7. The van der Waals surface area contributed by atoms with E-state index < -0.39 is 0 Å². The van der Waals surface area contributed by atoms with Crippen molar-refractivity contribution >= 4 is 0 Å². The highest BCUT2D eigenvalue weighted by Gasteiger charge is 2.17. The predicted octanol–water partition coefficient (Wildman–Crippen LogP) is 4.80. The molecule has 5 rings (SSSR count). The lowest BCUT2D eigenvalue weighted by Gasteiger charge is -2.29. The molecule has 2 nitrogen and oxygen atoms in total. The van der Waals surface area contributed by atoms with Crippen LogP contribution < -0.4 is 0 Å². The van der Waals surface area contributed by atoms with Gasteiger partial charge in [-0.25, -0.2) is 0 Å². The molecule has 0 radical (unpaired) electrons. The lowest BCUT2D eigenvalue weighted by atomic mass is 9.99. The van der Waals surface area contributed by atoms with Gasteiger partial charge in [-0.2, -0.15) is 0 Å². The molecule has 0 saturated heterocycles. The van der Waals surface area contributed by atoms with Gasteiger partial charge in [0, 0.05) is 39.3 Å². The van der Waals surface area contributed by atoms with E-state index >= 15 is 0 Å². The van der Waals surface area contributed by atoms with Crippen LogP contribution >= 0.6 is 0 Å². The average molecular weight is 369 g/mol. The SMILES string of the molecule is c1ccc2c(c1)CCN(Cc1ccc(CN3CCc4ccccc4C3)cc1)C2. The molecule has 0 aromatic heterocycles. The van der Waals surface area contributed by atoms with Crippen LogP contribution in [0.2, 0.25) is 0 Å². The molecule has 28 heavy (non-hydrogen) atoms. The van der Waals surface area contributed by atoms with Gasteiger partial charge in [-0.3, -0.25) is 9.80 Å². The third kappa shape index (κ3) is 3.89. The molecule has 2 aliphatic rings. The third-order valence-corrected chi connectivity index (χ3v) is 6.25. The summed E-state index contributed by atoms with van der Waals surface area (Å²) in [4.78, 5) is 5.14. The molecule has 0 saturated carbocycles. The van der Waals surface area contributed by atoms with Crippen LogP contribution in [0, 0.1) is 0 Å². The zero-order valence-corrected chi connectivity index (χ0v) is 16.5. The third-order valence-electron chi connectivity index (χ3n) is 6.25. The molecule has 0 amide bonds. The Morgan fingerprint density at radius 3 is 1.32 bits per heavy atom. The van der Waals surface area contributed by atoms with Gasteiger partial charge in [0.2, 0.25) is 0 Å². The summed E-state index contributed by atoms with van der Waals surface area (Å²) in [6, 6.07) is 27.1. The number of hydrogen-bond donors (Lipinski definition) is 0. The average Bonchev–Trinajstić information content (AvgIpc) is 2.75. The topological polar surface area (TPSA) is 6.48 Å². The van der Waals surface area contributed by atoms with Crippen molar-refractivity contribution in [3.05, 3.63) is 106 Å². The predicted molar refractivity (Wildman–Crippen MR) is 115 cm³/mol. The first-order chi connectivity index (χ1) is 13.8. The van der Waals surface area contributed by atoms with Gasteiger partial charge in [0.05, 0.1) is 0 Å². The van der Waals surface area contributed by atoms with Crippen molar-refractivity contribution < 1.29 is 0 Å². The highest BCUT2D eigenvalue weighted by molar-refractivity contribution is 5.31. The van der Waals surface area contributed by atoms with E-state index in [0.29, 0.717) is 0 Å². The largest absolute Gasteiger partial charge is 0.294 e. The highest BCUT2D eigenvalue weighted by atomic mass is 15.1. The molecular weight excluding hydrogens is 340 g/mol. The number of benzene rings is 3. The van der Waals surface area contributed by atoms with Crippen molar-refractivity contribution in [3.8, 4) is 0 Å². The van der Waals surface area contributed by atoms with Crippen molar-refractivity contribution in [1.29, 1.82) is 0 Å². The minimum atomic E-state index is 1.05. The summed E-state index contributed by atoms with van der Waals surface area (Å²) in [6.45, 7) is 6.56. The fourth-order valence-electron chi connectivity index (χ4n) is 4.64. The van der Waals surface area contributed by atoms with Crippen molar-refractivity contribution in [1.82, 2.24) is 9.80 Å². The molecule has 142 valence electrons. The summed E-state index contributed by atoms with van der Waals surface area (Å²) in [7, 11) is 0. The summed E-state index contributed by atoms with van der Waals surface area (Å²) in [5, 5.41) is 0. The van der Waals surface area contributed by atoms with Crippen LogP contribution in [0.5, 0.6) is 0 Å². The second-order valence-corrected chi connectivity index (χ2v) is 8.28.